The fourth-order valence-electron chi connectivity index (χ4n) is 2.37. The summed E-state index contributed by atoms with van der Waals surface area (Å²) >= 11 is 0. The first-order valence-electron chi connectivity index (χ1n) is 6.45. The highest BCUT2D eigenvalue weighted by Gasteiger charge is 2.35. The van der Waals surface area contributed by atoms with Gasteiger partial charge in [-0.1, -0.05) is 13.8 Å². The molecule has 3 nitrogen and oxygen atoms in total. The summed E-state index contributed by atoms with van der Waals surface area (Å²) in [6.45, 7) is 9.85. The Morgan fingerprint density at radius 1 is 1.50 bits per heavy atom. The fraction of sp³-hybridized carbons (Fsp3) is 0.923. The van der Waals surface area contributed by atoms with Crippen LogP contribution in [0.2, 0.25) is 0 Å². The zero-order valence-electron chi connectivity index (χ0n) is 10.9. The highest BCUT2D eigenvalue weighted by molar-refractivity contribution is 5.60. The average Bonchev–Trinajstić information content (AvgIpc) is 2.36. The first-order chi connectivity index (χ1) is 7.67. The van der Waals surface area contributed by atoms with Crippen LogP contribution in [0, 0.1) is 5.41 Å². The molecule has 0 aromatic rings. The topological polar surface area (TPSA) is 29.5 Å². The predicted molar refractivity (Wildman–Crippen MR) is 65.6 cm³/mol. The number of carbonyl (C=O) groups excluding carboxylic acids is 1. The largest absolute Gasteiger partial charge is 0.380 e. The maximum Gasteiger partial charge on any atom is 0.129 e. The summed E-state index contributed by atoms with van der Waals surface area (Å²) in [7, 11) is 0. The number of nitrogens with zero attached hydrogens (tertiary/aromatic N) is 1. The lowest BCUT2D eigenvalue weighted by atomic mass is 9.83. The van der Waals surface area contributed by atoms with Crippen molar-refractivity contribution in [1.29, 1.82) is 0 Å². The molecule has 0 N–H and O–H groups in total. The highest BCUT2D eigenvalue weighted by Crippen LogP contribution is 2.28. The van der Waals surface area contributed by atoms with Gasteiger partial charge < -0.3 is 9.53 Å². The Balaban J connectivity index is 2.62. The number of aldehydes is 1. The predicted octanol–water partition coefficient (Wildman–Crippen LogP) is 2.10. The lowest BCUT2D eigenvalue weighted by molar-refractivity contribution is -0.126. The number of ether oxygens (including phenoxy) is 1. The van der Waals surface area contributed by atoms with E-state index in [0.29, 0.717) is 12.6 Å². The van der Waals surface area contributed by atoms with Crippen molar-refractivity contribution < 1.29 is 9.53 Å². The molecular formula is C13H25NO2. The average molecular weight is 227 g/mol. The molecule has 0 amide bonds. The van der Waals surface area contributed by atoms with E-state index in [9.17, 15) is 4.79 Å². The van der Waals surface area contributed by atoms with Crippen LogP contribution in [-0.2, 0) is 9.53 Å². The van der Waals surface area contributed by atoms with Crippen LogP contribution in [-0.4, -0.2) is 43.5 Å². The molecule has 3 heteroatoms. The second-order valence-electron chi connectivity index (χ2n) is 4.96. The molecule has 1 heterocycles. The van der Waals surface area contributed by atoms with E-state index in [1.165, 1.54) is 0 Å². The summed E-state index contributed by atoms with van der Waals surface area (Å²) in [4.78, 5) is 13.7. The lowest BCUT2D eigenvalue weighted by Crippen LogP contribution is -2.47. The summed E-state index contributed by atoms with van der Waals surface area (Å²) in [5.74, 6) is 0. The van der Waals surface area contributed by atoms with Gasteiger partial charge in [-0.15, -0.1) is 0 Å². The van der Waals surface area contributed by atoms with Crippen molar-refractivity contribution in [1.82, 2.24) is 4.90 Å². The fourth-order valence-corrected chi connectivity index (χ4v) is 2.37. The third kappa shape index (κ3) is 3.29. The summed E-state index contributed by atoms with van der Waals surface area (Å²) in [6.07, 6.45) is 4.24. The molecule has 2 unspecified atom stereocenters. The van der Waals surface area contributed by atoms with E-state index < -0.39 is 0 Å². The molecule has 0 saturated carbocycles. The summed E-state index contributed by atoms with van der Waals surface area (Å²) in [5.41, 5.74) is -0.252. The molecule has 1 saturated heterocycles. The minimum Gasteiger partial charge on any atom is -0.380 e. The lowest BCUT2D eigenvalue weighted by Gasteiger charge is -2.38. The normalized spacial score (nSPS) is 28.0. The summed E-state index contributed by atoms with van der Waals surface area (Å²) in [6, 6.07) is 0.545. The van der Waals surface area contributed by atoms with E-state index in [-0.39, 0.29) is 5.41 Å². The number of rotatable bonds is 6. The summed E-state index contributed by atoms with van der Waals surface area (Å²) in [5, 5.41) is 0. The molecule has 1 aliphatic heterocycles. The van der Waals surface area contributed by atoms with E-state index in [4.69, 9.17) is 4.74 Å². The van der Waals surface area contributed by atoms with Crippen LogP contribution in [0.5, 0.6) is 0 Å². The number of hydrogen-bond acceptors (Lipinski definition) is 3. The SMILES string of the molecule is CCC(C)N(CC)CC1(C=O)CCCOC1. The van der Waals surface area contributed by atoms with E-state index in [0.717, 1.165) is 45.2 Å². The van der Waals surface area contributed by atoms with Gasteiger partial charge in [-0.3, -0.25) is 4.90 Å². The van der Waals surface area contributed by atoms with Crippen molar-refractivity contribution in [2.75, 3.05) is 26.3 Å². The minimum atomic E-state index is -0.252. The van der Waals surface area contributed by atoms with Gasteiger partial charge in [0.2, 0.25) is 0 Å². The standard InChI is InChI=1S/C13H25NO2/c1-4-12(3)14(5-2)9-13(10-15)7-6-8-16-11-13/h10,12H,4-9,11H2,1-3H3. The second-order valence-corrected chi connectivity index (χ2v) is 4.96. The Hall–Kier alpha value is -0.410. The van der Waals surface area contributed by atoms with Crippen LogP contribution in [0.15, 0.2) is 0 Å². The van der Waals surface area contributed by atoms with Crippen LogP contribution in [0.4, 0.5) is 0 Å². The second kappa shape index (κ2) is 6.36. The Kier molecular flexibility index (Phi) is 5.42. The first kappa shape index (κ1) is 13.7. The Morgan fingerprint density at radius 3 is 2.69 bits per heavy atom. The molecule has 16 heavy (non-hydrogen) atoms. The van der Waals surface area contributed by atoms with Crippen LogP contribution in [0.1, 0.15) is 40.0 Å². The molecule has 1 rings (SSSR count). The minimum absolute atomic E-state index is 0.252. The van der Waals surface area contributed by atoms with Gasteiger partial charge in [-0.25, -0.2) is 0 Å². The van der Waals surface area contributed by atoms with Crippen molar-refractivity contribution in [3.8, 4) is 0 Å². The van der Waals surface area contributed by atoms with Crippen molar-refractivity contribution in [2.45, 2.75) is 46.1 Å². The van der Waals surface area contributed by atoms with E-state index in [2.05, 4.69) is 25.7 Å². The Morgan fingerprint density at radius 2 is 2.25 bits per heavy atom. The zero-order valence-corrected chi connectivity index (χ0v) is 10.9. The van der Waals surface area contributed by atoms with Gasteiger partial charge in [-0.2, -0.15) is 0 Å². The Bertz CT molecular complexity index is 212. The smallest absolute Gasteiger partial charge is 0.129 e. The molecule has 1 aliphatic rings. The van der Waals surface area contributed by atoms with Gasteiger partial charge >= 0.3 is 0 Å². The molecule has 0 radical (unpaired) electrons. The maximum atomic E-state index is 11.3. The van der Waals surface area contributed by atoms with E-state index >= 15 is 0 Å². The monoisotopic (exact) mass is 227 g/mol. The quantitative estimate of drug-likeness (QED) is 0.651. The van der Waals surface area contributed by atoms with E-state index in [1.807, 2.05) is 0 Å². The van der Waals surface area contributed by atoms with Crippen LogP contribution in [0.3, 0.4) is 0 Å². The molecule has 2 atom stereocenters. The molecule has 1 fully saturated rings. The maximum absolute atomic E-state index is 11.3. The molecule has 0 spiro atoms. The van der Waals surface area contributed by atoms with Crippen molar-refractivity contribution in [3.63, 3.8) is 0 Å². The van der Waals surface area contributed by atoms with Crippen molar-refractivity contribution in [3.05, 3.63) is 0 Å². The molecule has 0 bridgehead atoms. The third-order valence-corrected chi connectivity index (χ3v) is 3.74. The molecule has 0 aromatic heterocycles. The summed E-state index contributed by atoms with van der Waals surface area (Å²) < 4.78 is 5.48. The molecular weight excluding hydrogens is 202 g/mol. The van der Waals surface area contributed by atoms with Crippen molar-refractivity contribution >= 4 is 6.29 Å². The third-order valence-electron chi connectivity index (χ3n) is 3.74. The van der Waals surface area contributed by atoms with Gasteiger partial charge in [0, 0.05) is 19.2 Å². The number of hydrogen-bond donors (Lipinski definition) is 0. The number of carbonyl (C=O) groups is 1. The Labute approximate surface area is 99.1 Å². The van der Waals surface area contributed by atoms with Gasteiger partial charge in [0.15, 0.2) is 0 Å². The highest BCUT2D eigenvalue weighted by atomic mass is 16.5. The van der Waals surface area contributed by atoms with Gasteiger partial charge in [0.05, 0.1) is 12.0 Å². The molecule has 0 aliphatic carbocycles. The first-order valence-corrected chi connectivity index (χ1v) is 6.45. The van der Waals surface area contributed by atoms with E-state index in [1.54, 1.807) is 0 Å². The van der Waals surface area contributed by atoms with Gasteiger partial charge in [0.25, 0.3) is 0 Å². The van der Waals surface area contributed by atoms with Gasteiger partial charge in [0.1, 0.15) is 6.29 Å². The van der Waals surface area contributed by atoms with Crippen LogP contribution >= 0.6 is 0 Å². The van der Waals surface area contributed by atoms with Crippen LogP contribution < -0.4 is 0 Å². The van der Waals surface area contributed by atoms with Gasteiger partial charge in [-0.05, 0) is 32.7 Å². The van der Waals surface area contributed by atoms with Crippen LogP contribution in [0.25, 0.3) is 0 Å². The molecule has 0 aromatic carbocycles. The molecule has 94 valence electrons. The zero-order chi connectivity index (χ0) is 12.0. The van der Waals surface area contributed by atoms with Crippen molar-refractivity contribution in [2.24, 2.45) is 5.41 Å².